The van der Waals surface area contributed by atoms with Crippen molar-refractivity contribution >= 4 is 0 Å². The zero-order chi connectivity index (χ0) is 11.4. The fourth-order valence-electron chi connectivity index (χ4n) is 2.16. The summed E-state index contributed by atoms with van der Waals surface area (Å²) in [5.41, 5.74) is 1.37. The Kier molecular flexibility index (Phi) is 3.99. The molecule has 16 heavy (non-hydrogen) atoms. The Labute approximate surface area is 97.8 Å². The van der Waals surface area contributed by atoms with Crippen molar-refractivity contribution in [1.82, 2.24) is 9.78 Å². The molecule has 0 N–H and O–H groups in total. The van der Waals surface area contributed by atoms with Crippen LogP contribution in [0.15, 0.2) is 12.4 Å². The van der Waals surface area contributed by atoms with Crippen LogP contribution in [0.3, 0.4) is 0 Å². The van der Waals surface area contributed by atoms with E-state index in [9.17, 15) is 0 Å². The van der Waals surface area contributed by atoms with Gasteiger partial charge in [0.05, 0.1) is 6.20 Å². The molecule has 2 heterocycles. The van der Waals surface area contributed by atoms with Gasteiger partial charge in [0.2, 0.25) is 0 Å². The third kappa shape index (κ3) is 2.85. The van der Waals surface area contributed by atoms with E-state index >= 15 is 0 Å². The lowest BCUT2D eigenvalue weighted by molar-refractivity contribution is 0.0601. The summed E-state index contributed by atoms with van der Waals surface area (Å²) in [5, 5.41) is 4.46. The Morgan fingerprint density at radius 1 is 1.50 bits per heavy atom. The first-order valence-electron chi connectivity index (χ1n) is 6.39. The van der Waals surface area contributed by atoms with Gasteiger partial charge in [-0.2, -0.15) is 5.10 Å². The molecule has 0 aromatic carbocycles. The highest BCUT2D eigenvalue weighted by Gasteiger charge is 2.15. The Morgan fingerprint density at radius 3 is 2.94 bits per heavy atom. The average Bonchev–Trinajstić information content (AvgIpc) is 2.78. The first-order chi connectivity index (χ1) is 7.79. The standard InChI is InChI=1S/C13H22N2O/c1-3-11(2)13-8-14-15(10-13)9-12-4-6-16-7-5-12/h8,10-12H,3-7,9H2,1-2H3. The Balaban J connectivity index is 1.91. The van der Waals surface area contributed by atoms with Crippen molar-refractivity contribution in [2.24, 2.45) is 5.92 Å². The molecule has 0 aliphatic carbocycles. The van der Waals surface area contributed by atoms with E-state index in [1.54, 1.807) is 0 Å². The summed E-state index contributed by atoms with van der Waals surface area (Å²) in [4.78, 5) is 0. The molecule has 0 spiro atoms. The van der Waals surface area contributed by atoms with Crippen LogP contribution in [0, 0.1) is 5.92 Å². The lowest BCUT2D eigenvalue weighted by atomic mass is 10.0. The minimum atomic E-state index is 0.628. The van der Waals surface area contributed by atoms with E-state index < -0.39 is 0 Å². The fourth-order valence-corrected chi connectivity index (χ4v) is 2.16. The molecule has 0 amide bonds. The molecule has 0 saturated carbocycles. The number of aromatic nitrogens is 2. The van der Waals surface area contributed by atoms with Gasteiger partial charge in [-0.3, -0.25) is 4.68 Å². The van der Waals surface area contributed by atoms with E-state index in [0.717, 1.165) is 25.7 Å². The lowest BCUT2D eigenvalue weighted by Crippen LogP contribution is -2.20. The van der Waals surface area contributed by atoms with Crippen LogP contribution >= 0.6 is 0 Å². The van der Waals surface area contributed by atoms with Gasteiger partial charge in [-0.05, 0) is 36.7 Å². The Bertz CT molecular complexity index is 315. The minimum Gasteiger partial charge on any atom is -0.381 e. The number of hydrogen-bond donors (Lipinski definition) is 0. The van der Waals surface area contributed by atoms with Gasteiger partial charge in [-0.15, -0.1) is 0 Å². The molecular formula is C13H22N2O. The number of nitrogens with zero attached hydrogens (tertiary/aromatic N) is 2. The molecular weight excluding hydrogens is 200 g/mol. The molecule has 0 radical (unpaired) electrons. The van der Waals surface area contributed by atoms with Gasteiger partial charge in [0.25, 0.3) is 0 Å². The van der Waals surface area contributed by atoms with E-state index in [4.69, 9.17) is 4.74 Å². The number of hydrogen-bond acceptors (Lipinski definition) is 2. The van der Waals surface area contributed by atoms with Gasteiger partial charge in [0.15, 0.2) is 0 Å². The molecule has 1 aliphatic rings. The predicted octanol–water partition coefficient (Wildman–Crippen LogP) is 2.82. The van der Waals surface area contributed by atoms with Crippen LogP contribution in [-0.4, -0.2) is 23.0 Å². The molecule has 1 fully saturated rings. The maximum Gasteiger partial charge on any atom is 0.0524 e. The van der Waals surface area contributed by atoms with Crippen molar-refractivity contribution in [3.8, 4) is 0 Å². The molecule has 1 aromatic heterocycles. The Hall–Kier alpha value is -0.830. The summed E-state index contributed by atoms with van der Waals surface area (Å²) in [6, 6.07) is 0. The van der Waals surface area contributed by atoms with E-state index in [2.05, 4.69) is 29.8 Å². The second-order valence-electron chi connectivity index (χ2n) is 4.86. The van der Waals surface area contributed by atoms with Crippen LogP contribution in [0.1, 0.15) is 44.6 Å². The predicted molar refractivity (Wildman–Crippen MR) is 64.5 cm³/mol. The summed E-state index contributed by atoms with van der Waals surface area (Å²) in [5.74, 6) is 1.38. The summed E-state index contributed by atoms with van der Waals surface area (Å²) in [7, 11) is 0. The number of ether oxygens (including phenoxy) is 1. The smallest absolute Gasteiger partial charge is 0.0524 e. The summed E-state index contributed by atoms with van der Waals surface area (Å²) in [6.45, 7) is 7.38. The van der Waals surface area contributed by atoms with E-state index in [0.29, 0.717) is 5.92 Å². The first kappa shape index (κ1) is 11.6. The normalized spacial score (nSPS) is 19.9. The van der Waals surface area contributed by atoms with Gasteiger partial charge in [0, 0.05) is 26.0 Å². The van der Waals surface area contributed by atoms with Crippen molar-refractivity contribution in [1.29, 1.82) is 0 Å². The molecule has 1 saturated heterocycles. The molecule has 2 rings (SSSR count). The van der Waals surface area contributed by atoms with Crippen molar-refractivity contribution in [2.45, 2.75) is 45.6 Å². The maximum absolute atomic E-state index is 5.37. The van der Waals surface area contributed by atoms with Crippen molar-refractivity contribution in [3.05, 3.63) is 18.0 Å². The van der Waals surface area contributed by atoms with Gasteiger partial charge in [-0.25, -0.2) is 0 Å². The molecule has 3 nitrogen and oxygen atoms in total. The second-order valence-corrected chi connectivity index (χ2v) is 4.86. The lowest BCUT2D eigenvalue weighted by Gasteiger charge is -2.21. The third-order valence-electron chi connectivity index (χ3n) is 3.62. The van der Waals surface area contributed by atoms with E-state index in [1.165, 1.54) is 24.8 Å². The maximum atomic E-state index is 5.37. The third-order valence-corrected chi connectivity index (χ3v) is 3.62. The van der Waals surface area contributed by atoms with Crippen LogP contribution < -0.4 is 0 Å². The quantitative estimate of drug-likeness (QED) is 0.783. The molecule has 0 bridgehead atoms. The minimum absolute atomic E-state index is 0.628. The van der Waals surface area contributed by atoms with Crippen molar-refractivity contribution in [2.75, 3.05) is 13.2 Å². The fraction of sp³-hybridized carbons (Fsp3) is 0.769. The SMILES string of the molecule is CCC(C)c1cnn(CC2CCOCC2)c1. The van der Waals surface area contributed by atoms with Gasteiger partial charge in [-0.1, -0.05) is 13.8 Å². The zero-order valence-electron chi connectivity index (χ0n) is 10.4. The highest BCUT2D eigenvalue weighted by molar-refractivity contribution is 5.09. The van der Waals surface area contributed by atoms with Crippen LogP contribution in [0.2, 0.25) is 0 Å². The molecule has 90 valence electrons. The van der Waals surface area contributed by atoms with Gasteiger partial charge < -0.3 is 4.74 Å². The highest BCUT2D eigenvalue weighted by atomic mass is 16.5. The van der Waals surface area contributed by atoms with Crippen molar-refractivity contribution in [3.63, 3.8) is 0 Å². The average molecular weight is 222 g/mol. The summed E-state index contributed by atoms with van der Waals surface area (Å²) >= 11 is 0. The van der Waals surface area contributed by atoms with Crippen molar-refractivity contribution < 1.29 is 4.74 Å². The van der Waals surface area contributed by atoms with Crippen LogP contribution in [0.25, 0.3) is 0 Å². The Morgan fingerprint density at radius 2 is 2.25 bits per heavy atom. The topological polar surface area (TPSA) is 27.1 Å². The van der Waals surface area contributed by atoms with E-state index in [-0.39, 0.29) is 0 Å². The molecule has 1 atom stereocenters. The van der Waals surface area contributed by atoms with Gasteiger partial charge >= 0.3 is 0 Å². The molecule has 3 heteroatoms. The zero-order valence-corrected chi connectivity index (χ0v) is 10.4. The highest BCUT2D eigenvalue weighted by Crippen LogP contribution is 2.20. The van der Waals surface area contributed by atoms with Crippen LogP contribution in [-0.2, 0) is 11.3 Å². The summed E-state index contributed by atoms with van der Waals surface area (Å²) < 4.78 is 7.48. The second kappa shape index (κ2) is 5.48. The molecule has 1 unspecified atom stereocenters. The van der Waals surface area contributed by atoms with Crippen LogP contribution in [0.5, 0.6) is 0 Å². The number of rotatable bonds is 4. The monoisotopic (exact) mass is 222 g/mol. The largest absolute Gasteiger partial charge is 0.381 e. The molecule has 1 aromatic rings. The first-order valence-corrected chi connectivity index (χ1v) is 6.39. The summed E-state index contributed by atoms with van der Waals surface area (Å²) in [6.07, 6.45) is 7.77. The molecule has 1 aliphatic heterocycles. The van der Waals surface area contributed by atoms with Gasteiger partial charge in [0.1, 0.15) is 0 Å². The van der Waals surface area contributed by atoms with Crippen LogP contribution in [0.4, 0.5) is 0 Å². The van der Waals surface area contributed by atoms with E-state index in [1.807, 2.05) is 6.20 Å².